The predicted octanol–water partition coefficient (Wildman–Crippen LogP) is 2.34. The van der Waals surface area contributed by atoms with Crippen LogP contribution in [0.1, 0.15) is 50.6 Å². The molecule has 1 aromatic rings. The van der Waals surface area contributed by atoms with E-state index in [1.807, 2.05) is 13.8 Å². The van der Waals surface area contributed by atoms with Crippen molar-refractivity contribution < 1.29 is 14.0 Å². The molecule has 0 saturated carbocycles. The second-order valence-electron chi connectivity index (χ2n) is 5.17. The molecule has 0 bridgehead atoms. The van der Waals surface area contributed by atoms with E-state index >= 15 is 0 Å². The number of hydrogen-bond acceptors (Lipinski definition) is 3. The highest BCUT2D eigenvalue weighted by molar-refractivity contribution is 5.95. The Bertz CT molecular complexity index is 413. The third-order valence-electron chi connectivity index (χ3n) is 3.06. The Morgan fingerprint density at radius 3 is 2.60 bits per heavy atom. The molecule has 5 nitrogen and oxygen atoms in total. The van der Waals surface area contributed by atoms with E-state index in [1.165, 1.54) is 6.26 Å². The maximum Gasteiger partial charge on any atom is 0.287 e. The number of nitrogens with one attached hydrogen (secondary N) is 2. The summed E-state index contributed by atoms with van der Waals surface area (Å²) in [5, 5.41) is 5.58. The van der Waals surface area contributed by atoms with Gasteiger partial charge in [0.15, 0.2) is 5.76 Å². The number of rotatable bonds is 8. The molecule has 5 heteroatoms. The van der Waals surface area contributed by atoms with Crippen molar-refractivity contribution in [3.63, 3.8) is 0 Å². The van der Waals surface area contributed by atoms with E-state index < -0.39 is 6.04 Å². The molecule has 0 unspecified atom stereocenters. The Labute approximate surface area is 120 Å². The van der Waals surface area contributed by atoms with Crippen LogP contribution < -0.4 is 10.6 Å². The van der Waals surface area contributed by atoms with Crippen LogP contribution in [0, 0.1) is 5.92 Å². The standard InChI is InChI=1S/C15H24N2O3/c1-4-5-6-9-16-15(19)13(11(2)3)17-14(18)12-8-7-10-20-12/h7-8,10-11,13H,4-6,9H2,1-3H3,(H,16,19)(H,17,18)/t13-/m1/s1. The minimum atomic E-state index is -0.547. The maximum atomic E-state index is 12.1. The Morgan fingerprint density at radius 1 is 1.30 bits per heavy atom. The monoisotopic (exact) mass is 280 g/mol. The Morgan fingerprint density at radius 2 is 2.05 bits per heavy atom. The van der Waals surface area contributed by atoms with Crippen LogP contribution >= 0.6 is 0 Å². The first kappa shape index (κ1) is 16.3. The highest BCUT2D eigenvalue weighted by Crippen LogP contribution is 2.06. The summed E-state index contributed by atoms with van der Waals surface area (Å²) in [4.78, 5) is 24.0. The van der Waals surface area contributed by atoms with Crippen LogP contribution in [0.5, 0.6) is 0 Å². The summed E-state index contributed by atoms with van der Waals surface area (Å²) in [7, 11) is 0. The Kier molecular flexibility index (Phi) is 6.84. The number of carbonyl (C=O) groups is 2. The topological polar surface area (TPSA) is 71.3 Å². The summed E-state index contributed by atoms with van der Waals surface area (Å²) in [6.07, 6.45) is 4.59. The van der Waals surface area contributed by atoms with E-state index in [1.54, 1.807) is 12.1 Å². The van der Waals surface area contributed by atoms with E-state index in [4.69, 9.17) is 4.42 Å². The lowest BCUT2D eigenvalue weighted by Crippen LogP contribution is -2.49. The molecule has 0 radical (unpaired) electrons. The smallest absolute Gasteiger partial charge is 0.287 e. The Hall–Kier alpha value is -1.78. The van der Waals surface area contributed by atoms with Crippen LogP contribution in [0.2, 0.25) is 0 Å². The van der Waals surface area contributed by atoms with E-state index in [-0.39, 0.29) is 23.5 Å². The van der Waals surface area contributed by atoms with Crippen molar-refractivity contribution in [2.45, 2.75) is 46.1 Å². The summed E-state index contributed by atoms with van der Waals surface area (Å²) >= 11 is 0. The summed E-state index contributed by atoms with van der Waals surface area (Å²) in [5.74, 6) is -0.275. The van der Waals surface area contributed by atoms with Crippen molar-refractivity contribution in [1.82, 2.24) is 10.6 Å². The average molecular weight is 280 g/mol. The number of hydrogen-bond donors (Lipinski definition) is 2. The first-order valence-corrected chi connectivity index (χ1v) is 7.18. The fourth-order valence-corrected chi connectivity index (χ4v) is 1.85. The van der Waals surface area contributed by atoms with Gasteiger partial charge in [0.2, 0.25) is 5.91 Å². The molecule has 2 N–H and O–H groups in total. The maximum absolute atomic E-state index is 12.1. The van der Waals surface area contributed by atoms with Crippen molar-refractivity contribution >= 4 is 11.8 Å². The molecule has 0 aliphatic heterocycles. The van der Waals surface area contributed by atoms with E-state index in [0.717, 1.165) is 19.3 Å². The van der Waals surface area contributed by atoms with Crippen LogP contribution in [-0.4, -0.2) is 24.4 Å². The number of unbranched alkanes of at least 4 members (excludes halogenated alkanes) is 2. The zero-order valence-corrected chi connectivity index (χ0v) is 12.4. The molecular weight excluding hydrogens is 256 g/mol. The molecule has 0 spiro atoms. The quantitative estimate of drug-likeness (QED) is 0.718. The van der Waals surface area contributed by atoms with Gasteiger partial charge in [-0.05, 0) is 24.5 Å². The van der Waals surface area contributed by atoms with Gasteiger partial charge in [-0.1, -0.05) is 33.6 Å². The lowest BCUT2D eigenvalue weighted by Gasteiger charge is -2.21. The predicted molar refractivity (Wildman–Crippen MR) is 77.3 cm³/mol. The normalized spacial score (nSPS) is 12.2. The van der Waals surface area contributed by atoms with Crippen LogP contribution in [0.25, 0.3) is 0 Å². The molecule has 1 rings (SSSR count). The number of carbonyl (C=O) groups excluding carboxylic acids is 2. The summed E-state index contributed by atoms with van der Waals surface area (Å²) < 4.78 is 5.02. The second kappa shape index (κ2) is 8.40. The number of amides is 2. The SMILES string of the molecule is CCCCCNC(=O)[C@H](NC(=O)c1ccco1)C(C)C. The molecule has 0 saturated heterocycles. The molecule has 0 aliphatic rings. The lowest BCUT2D eigenvalue weighted by molar-refractivity contribution is -0.123. The lowest BCUT2D eigenvalue weighted by atomic mass is 10.0. The van der Waals surface area contributed by atoms with Crippen LogP contribution in [0.15, 0.2) is 22.8 Å². The van der Waals surface area contributed by atoms with Crippen LogP contribution in [0.4, 0.5) is 0 Å². The third kappa shape index (κ3) is 5.07. The van der Waals surface area contributed by atoms with Crippen molar-refractivity contribution in [3.8, 4) is 0 Å². The van der Waals surface area contributed by atoms with Gasteiger partial charge in [0.05, 0.1) is 6.26 Å². The molecule has 1 atom stereocenters. The summed E-state index contributed by atoms with van der Waals surface area (Å²) in [6, 6.07) is 2.67. The van der Waals surface area contributed by atoms with Gasteiger partial charge in [-0.25, -0.2) is 0 Å². The highest BCUT2D eigenvalue weighted by atomic mass is 16.3. The van der Waals surface area contributed by atoms with Gasteiger partial charge >= 0.3 is 0 Å². The third-order valence-corrected chi connectivity index (χ3v) is 3.06. The summed E-state index contributed by atoms with van der Waals surface area (Å²) in [6.45, 7) is 6.56. The largest absolute Gasteiger partial charge is 0.459 e. The molecule has 0 aromatic carbocycles. The zero-order valence-electron chi connectivity index (χ0n) is 12.4. The molecule has 0 aliphatic carbocycles. The molecule has 1 aromatic heterocycles. The molecule has 112 valence electrons. The van der Waals surface area contributed by atoms with Crippen molar-refractivity contribution in [1.29, 1.82) is 0 Å². The van der Waals surface area contributed by atoms with Crippen LogP contribution in [0.3, 0.4) is 0 Å². The fourth-order valence-electron chi connectivity index (χ4n) is 1.85. The first-order valence-electron chi connectivity index (χ1n) is 7.18. The van der Waals surface area contributed by atoms with Gasteiger partial charge in [0.1, 0.15) is 6.04 Å². The molecule has 1 heterocycles. The van der Waals surface area contributed by atoms with Crippen LogP contribution in [-0.2, 0) is 4.79 Å². The van der Waals surface area contributed by atoms with Gasteiger partial charge < -0.3 is 15.1 Å². The van der Waals surface area contributed by atoms with Gasteiger partial charge in [0, 0.05) is 6.54 Å². The van der Waals surface area contributed by atoms with Crippen molar-refractivity contribution in [2.75, 3.05) is 6.54 Å². The van der Waals surface area contributed by atoms with E-state index in [2.05, 4.69) is 17.6 Å². The van der Waals surface area contributed by atoms with Crippen molar-refractivity contribution in [2.24, 2.45) is 5.92 Å². The van der Waals surface area contributed by atoms with Gasteiger partial charge in [0.25, 0.3) is 5.91 Å². The van der Waals surface area contributed by atoms with Gasteiger partial charge in [-0.2, -0.15) is 0 Å². The average Bonchev–Trinajstić information content (AvgIpc) is 2.94. The second-order valence-corrected chi connectivity index (χ2v) is 5.17. The fraction of sp³-hybridized carbons (Fsp3) is 0.600. The molecule has 20 heavy (non-hydrogen) atoms. The minimum absolute atomic E-state index is 0.0140. The highest BCUT2D eigenvalue weighted by Gasteiger charge is 2.25. The zero-order chi connectivity index (χ0) is 15.0. The molecule has 2 amide bonds. The summed E-state index contributed by atoms with van der Waals surface area (Å²) in [5.41, 5.74) is 0. The van der Waals surface area contributed by atoms with E-state index in [0.29, 0.717) is 6.54 Å². The van der Waals surface area contributed by atoms with Gasteiger partial charge in [-0.3, -0.25) is 9.59 Å². The van der Waals surface area contributed by atoms with E-state index in [9.17, 15) is 9.59 Å². The number of furan rings is 1. The minimum Gasteiger partial charge on any atom is -0.459 e. The molecular formula is C15H24N2O3. The van der Waals surface area contributed by atoms with Gasteiger partial charge in [-0.15, -0.1) is 0 Å². The van der Waals surface area contributed by atoms with Crippen molar-refractivity contribution in [3.05, 3.63) is 24.2 Å². The first-order chi connectivity index (χ1) is 9.56. The molecule has 0 fully saturated rings. The Balaban J connectivity index is 2.51.